The molecule has 0 radical (unpaired) electrons. The molecule has 4 nitrogen and oxygen atoms in total. The van der Waals surface area contributed by atoms with Crippen molar-refractivity contribution in [2.75, 3.05) is 13.1 Å². The van der Waals surface area contributed by atoms with Crippen molar-refractivity contribution in [3.8, 4) is 0 Å². The van der Waals surface area contributed by atoms with Gasteiger partial charge in [-0.05, 0) is 36.7 Å². The Hall–Kier alpha value is -1.84. The van der Waals surface area contributed by atoms with Gasteiger partial charge in [0, 0.05) is 13.1 Å². The smallest absolute Gasteiger partial charge is 0.307 e. The average molecular weight is 301 g/mol. The number of carboxylic acids is 1. The Bertz CT molecular complexity index is 561. The highest BCUT2D eigenvalue weighted by atomic mass is 16.4. The van der Waals surface area contributed by atoms with Gasteiger partial charge in [0.2, 0.25) is 5.91 Å². The van der Waals surface area contributed by atoms with Crippen LogP contribution in [0.25, 0.3) is 0 Å². The third kappa shape index (κ3) is 2.62. The van der Waals surface area contributed by atoms with Crippen molar-refractivity contribution in [3.05, 3.63) is 35.9 Å². The molecule has 4 heteroatoms. The molecule has 1 saturated heterocycles. The Morgan fingerprint density at radius 2 is 1.91 bits per heavy atom. The van der Waals surface area contributed by atoms with E-state index in [1.165, 1.54) is 0 Å². The van der Waals surface area contributed by atoms with Crippen molar-refractivity contribution in [1.29, 1.82) is 0 Å². The molecule has 1 spiro atoms. The quantitative estimate of drug-likeness (QED) is 0.930. The van der Waals surface area contributed by atoms with E-state index in [1.54, 1.807) is 0 Å². The van der Waals surface area contributed by atoms with Crippen LogP contribution in [0.2, 0.25) is 0 Å². The molecule has 3 rings (SSSR count). The number of rotatable bonds is 4. The monoisotopic (exact) mass is 301 g/mol. The summed E-state index contributed by atoms with van der Waals surface area (Å²) in [6.07, 6.45) is 3.25. The number of carboxylic acid groups (broad SMARTS) is 1. The van der Waals surface area contributed by atoms with Gasteiger partial charge in [0.25, 0.3) is 0 Å². The Morgan fingerprint density at radius 3 is 2.41 bits per heavy atom. The van der Waals surface area contributed by atoms with Crippen LogP contribution in [-0.4, -0.2) is 35.0 Å². The summed E-state index contributed by atoms with van der Waals surface area (Å²) in [5.74, 6) is -0.739. The van der Waals surface area contributed by atoms with E-state index < -0.39 is 5.97 Å². The summed E-state index contributed by atoms with van der Waals surface area (Å²) < 4.78 is 0. The normalized spacial score (nSPS) is 24.0. The first-order valence-corrected chi connectivity index (χ1v) is 8.14. The van der Waals surface area contributed by atoms with Gasteiger partial charge in [-0.1, -0.05) is 37.3 Å². The van der Waals surface area contributed by atoms with E-state index in [1.807, 2.05) is 42.2 Å². The maximum atomic E-state index is 12.8. The Balaban J connectivity index is 1.63. The molecule has 22 heavy (non-hydrogen) atoms. The fourth-order valence-electron chi connectivity index (χ4n) is 3.88. The maximum Gasteiger partial charge on any atom is 0.307 e. The van der Waals surface area contributed by atoms with Gasteiger partial charge >= 0.3 is 5.97 Å². The van der Waals surface area contributed by atoms with E-state index in [4.69, 9.17) is 5.11 Å². The molecule has 1 heterocycles. The van der Waals surface area contributed by atoms with Gasteiger partial charge in [0.1, 0.15) is 0 Å². The van der Waals surface area contributed by atoms with E-state index in [2.05, 4.69) is 0 Å². The van der Waals surface area contributed by atoms with Gasteiger partial charge in [-0.2, -0.15) is 0 Å². The number of likely N-dealkylation sites (tertiary alicyclic amines) is 1. The number of aliphatic carboxylic acids is 1. The summed E-state index contributed by atoms with van der Waals surface area (Å²) in [5.41, 5.74) is 1.06. The molecule has 0 aromatic heterocycles. The zero-order valence-corrected chi connectivity index (χ0v) is 13.0. The molecule has 118 valence electrons. The molecule has 2 unspecified atom stereocenters. The molecule has 1 saturated carbocycles. The van der Waals surface area contributed by atoms with E-state index in [-0.39, 0.29) is 23.2 Å². The molecule has 1 amide bonds. The minimum absolute atomic E-state index is 0.0168. The van der Waals surface area contributed by atoms with Crippen molar-refractivity contribution in [2.24, 2.45) is 11.3 Å². The fraction of sp³-hybridized carbons (Fsp3) is 0.556. The van der Waals surface area contributed by atoms with Crippen LogP contribution < -0.4 is 0 Å². The first-order valence-electron chi connectivity index (χ1n) is 8.14. The first-order chi connectivity index (χ1) is 10.6. The van der Waals surface area contributed by atoms with Gasteiger partial charge < -0.3 is 10.0 Å². The highest BCUT2D eigenvalue weighted by Gasteiger charge is 2.59. The van der Waals surface area contributed by atoms with E-state index in [9.17, 15) is 9.59 Å². The van der Waals surface area contributed by atoms with Crippen LogP contribution in [0, 0.1) is 11.3 Å². The van der Waals surface area contributed by atoms with Crippen LogP contribution in [0.4, 0.5) is 0 Å². The lowest BCUT2D eigenvalue weighted by Gasteiger charge is -2.34. The summed E-state index contributed by atoms with van der Waals surface area (Å²) in [4.78, 5) is 25.8. The second-order valence-corrected chi connectivity index (χ2v) is 6.65. The molecule has 2 aliphatic rings. The van der Waals surface area contributed by atoms with Gasteiger partial charge in [-0.15, -0.1) is 0 Å². The van der Waals surface area contributed by atoms with Crippen LogP contribution in [0.1, 0.15) is 44.1 Å². The molecular formula is C18H23NO3. The fourth-order valence-corrected chi connectivity index (χ4v) is 3.88. The molecule has 2 atom stereocenters. The van der Waals surface area contributed by atoms with Crippen molar-refractivity contribution < 1.29 is 14.7 Å². The number of nitrogens with zero attached hydrogens (tertiary/aromatic N) is 1. The number of piperidine rings is 1. The van der Waals surface area contributed by atoms with Crippen molar-refractivity contribution in [1.82, 2.24) is 4.90 Å². The van der Waals surface area contributed by atoms with Crippen molar-refractivity contribution in [3.63, 3.8) is 0 Å². The highest BCUT2D eigenvalue weighted by Crippen LogP contribution is 2.59. The van der Waals surface area contributed by atoms with Gasteiger partial charge in [0.05, 0.1) is 11.8 Å². The molecule has 1 aliphatic carbocycles. The summed E-state index contributed by atoms with van der Waals surface area (Å²) in [6.45, 7) is 3.44. The number of carbonyl (C=O) groups excluding carboxylic acids is 1. The predicted octanol–water partition coefficient (Wildman–Crippen LogP) is 2.89. The minimum Gasteiger partial charge on any atom is -0.481 e. The van der Waals surface area contributed by atoms with Gasteiger partial charge in [0.15, 0.2) is 0 Å². The lowest BCUT2D eigenvalue weighted by molar-refractivity contribution is -0.140. The van der Waals surface area contributed by atoms with E-state index >= 15 is 0 Å². The third-order valence-electron chi connectivity index (χ3n) is 5.47. The maximum absolute atomic E-state index is 12.8. The number of carbonyl (C=O) groups is 2. The second-order valence-electron chi connectivity index (χ2n) is 6.65. The number of hydrogen-bond donors (Lipinski definition) is 1. The van der Waals surface area contributed by atoms with Crippen LogP contribution in [0.5, 0.6) is 0 Å². The van der Waals surface area contributed by atoms with Crippen LogP contribution in [-0.2, 0) is 9.59 Å². The highest BCUT2D eigenvalue weighted by molar-refractivity contribution is 5.84. The van der Waals surface area contributed by atoms with Crippen molar-refractivity contribution in [2.45, 2.75) is 38.5 Å². The van der Waals surface area contributed by atoms with Crippen LogP contribution >= 0.6 is 0 Å². The molecule has 0 bridgehead atoms. The summed E-state index contributed by atoms with van der Waals surface area (Å²) in [7, 11) is 0. The Kier molecular flexibility index (Phi) is 3.94. The summed E-state index contributed by atoms with van der Waals surface area (Å²) in [5, 5.41) is 9.14. The number of benzene rings is 1. The van der Waals surface area contributed by atoms with E-state index in [0.717, 1.165) is 31.2 Å². The topological polar surface area (TPSA) is 57.6 Å². The Morgan fingerprint density at radius 1 is 1.27 bits per heavy atom. The SMILES string of the molecule is CCC(C(=O)N1CCC2(CC1)CC2C(=O)O)c1ccccc1. The summed E-state index contributed by atoms with van der Waals surface area (Å²) >= 11 is 0. The zero-order chi connectivity index (χ0) is 15.7. The molecule has 1 aromatic rings. The van der Waals surface area contributed by atoms with Crippen LogP contribution in [0.15, 0.2) is 30.3 Å². The number of amides is 1. The molecule has 1 N–H and O–H groups in total. The van der Waals surface area contributed by atoms with Crippen molar-refractivity contribution >= 4 is 11.9 Å². The molecule has 1 aromatic carbocycles. The second kappa shape index (κ2) is 5.75. The zero-order valence-electron chi connectivity index (χ0n) is 13.0. The van der Waals surface area contributed by atoms with Gasteiger partial charge in [-0.25, -0.2) is 0 Å². The standard InChI is InChI=1S/C18H23NO3/c1-2-14(13-6-4-3-5-7-13)16(20)19-10-8-18(9-11-19)12-15(18)17(21)22/h3-7,14-15H,2,8-12H2,1H3,(H,21,22). The average Bonchev–Trinajstić information content (AvgIpc) is 3.24. The minimum atomic E-state index is -0.671. The Labute approximate surface area is 131 Å². The van der Waals surface area contributed by atoms with E-state index in [0.29, 0.717) is 13.1 Å². The third-order valence-corrected chi connectivity index (χ3v) is 5.47. The summed E-state index contributed by atoms with van der Waals surface area (Å²) in [6, 6.07) is 9.93. The predicted molar refractivity (Wildman–Crippen MR) is 83.5 cm³/mol. The molecule has 1 aliphatic heterocycles. The van der Waals surface area contributed by atoms with Crippen LogP contribution in [0.3, 0.4) is 0 Å². The number of hydrogen-bond acceptors (Lipinski definition) is 2. The molecule has 2 fully saturated rings. The molecular weight excluding hydrogens is 278 g/mol. The van der Waals surface area contributed by atoms with Gasteiger partial charge in [-0.3, -0.25) is 9.59 Å². The first kappa shape index (κ1) is 15.1. The lowest BCUT2D eigenvalue weighted by atomic mass is 9.88. The lowest BCUT2D eigenvalue weighted by Crippen LogP contribution is -2.42. The largest absolute Gasteiger partial charge is 0.481 e.